The first-order chi connectivity index (χ1) is 12.9. The van der Waals surface area contributed by atoms with Gasteiger partial charge < -0.3 is 15.4 Å². The number of rotatable bonds is 11. The molecule has 0 aromatic heterocycles. The number of hydrogen-bond acceptors (Lipinski definition) is 4. The van der Waals surface area contributed by atoms with Gasteiger partial charge in [-0.2, -0.15) is 0 Å². The van der Waals surface area contributed by atoms with Gasteiger partial charge in [0.2, 0.25) is 10.0 Å². The van der Waals surface area contributed by atoms with Crippen molar-refractivity contribution in [3.05, 3.63) is 29.3 Å². The van der Waals surface area contributed by atoms with Crippen LogP contribution in [0.5, 0.6) is 5.75 Å². The number of nitrogens with one attached hydrogen (secondary N) is 2. The van der Waals surface area contributed by atoms with E-state index in [4.69, 9.17) is 4.74 Å². The molecule has 0 radical (unpaired) electrons. The minimum absolute atomic E-state index is 0. The number of aliphatic imine (C=N–C) groups is 1. The number of ether oxygens (including phenoxy) is 1. The van der Waals surface area contributed by atoms with E-state index in [0.717, 1.165) is 16.9 Å². The minimum atomic E-state index is -3.25. The number of sulfonamides is 1. The SMILES string of the molecule is CCNC(=NCc1ccc(C)cc1OCC)NCCS(=O)(=O)N(CC)CC.I. The van der Waals surface area contributed by atoms with Crippen LogP contribution in [0.3, 0.4) is 0 Å². The van der Waals surface area contributed by atoms with Gasteiger partial charge in [-0.05, 0) is 32.4 Å². The van der Waals surface area contributed by atoms with Crippen LogP contribution in [0.15, 0.2) is 23.2 Å². The first kappa shape index (κ1) is 26.9. The molecule has 0 unspecified atom stereocenters. The van der Waals surface area contributed by atoms with Gasteiger partial charge in [0.25, 0.3) is 0 Å². The quantitative estimate of drug-likeness (QED) is 0.263. The molecule has 0 atom stereocenters. The molecule has 0 fully saturated rings. The first-order valence-electron chi connectivity index (χ1n) is 9.60. The third-order valence-corrected chi connectivity index (χ3v) is 6.05. The van der Waals surface area contributed by atoms with E-state index in [1.807, 2.05) is 52.8 Å². The van der Waals surface area contributed by atoms with Gasteiger partial charge in [-0.1, -0.05) is 26.0 Å². The minimum Gasteiger partial charge on any atom is -0.494 e. The molecule has 9 heteroatoms. The van der Waals surface area contributed by atoms with Crippen LogP contribution in [0, 0.1) is 6.92 Å². The lowest BCUT2D eigenvalue weighted by Gasteiger charge is -2.19. The van der Waals surface area contributed by atoms with Crippen LogP contribution in [0.25, 0.3) is 0 Å². The number of aryl methyl sites for hydroxylation is 1. The Balaban J connectivity index is 0.00000729. The Morgan fingerprint density at radius 1 is 1.14 bits per heavy atom. The molecule has 0 aliphatic rings. The van der Waals surface area contributed by atoms with Crippen LogP contribution < -0.4 is 15.4 Å². The summed E-state index contributed by atoms with van der Waals surface area (Å²) < 4.78 is 31.7. The number of nitrogens with zero attached hydrogens (tertiary/aromatic N) is 2. The van der Waals surface area contributed by atoms with E-state index in [9.17, 15) is 8.42 Å². The fourth-order valence-electron chi connectivity index (χ4n) is 2.63. The highest BCUT2D eigenvalue weighted by atomic mass is 127. The molecule has 0 aliphatic carbocycles. The van der Waals surface area contributed by atoms with Crippen molar-refractivity contribution in [1.82, 2.24) is 14.9 Å². The Morgan fingerprint density at radius 2 is 1.82 bits per heavy atom. The topological polar surface area (TPSA) is 83.0 Å². The third kappa shape index (κ3) is 8.95. The summed E-state index contributed by atoms with van der Waals surface area (Å²) in [5.74, 6) is 1.46. The molecule has 0 bridgehead atoms. The van der Waals surface area contributed by atoms with Crippen LogP contribution in [0.4, 0.5) is 0 Å². The Labute approximate surface area is 187 Å². The molecule has 0 saturated carbocycles. The van der Waals surface area contributed by atoms with Gasteiger partial charge in [0.1, 0.15) is 5.75 Å². The molecule has 0 heterocycles. The summed E-state index contributed by atoms with van der Waals surface area (Å²) >= 11 is 0. The molecule has 0 spiro atoms. The van der Waals surface area contributed by atoms with Crippen LogP contribution in [-0.4, -0.2) is 57.2 Å². The smallest absolute Gasteiger partial charge is 0.215 e. The van der Waals surface area contributed by atoms with Crippen molar-refractivity contribution in [1.29, 1.82) is 0 Å². The molecule has 162 valence electrons. The first-order valence-corrected chi connectivity index (χ1v) is 11.2. The van der Waals surface area contributed by atoms with Gasteiger partial charge in [-0.25, -0.2) is 17.7 Å². The number of halogens is 1. The molecule has 1 aromatic carbocycles. The second-order valence-corrected chi connectivity index (χ2v) is 8.15. The third-order valence-electron chi connectivity index (χ3n) is 4.03. The lowest BCUT2D eigenvalue weighted by molar-refractivity contribution is 0.336. The highest BCUT2D eigenvalue weighted by molar-refractivity contribution is 14.0. The van der Waals surface area contributed by atoms with Crippen molar-refractivity contribution in [3.8, 4) is 5.75 Å². The summed E-state index contributed by atoms with van der Waals surface area (Å²) in [5, 5.41) is 6.25. The second-order valence-electron chi connectivity index (χ2n) is 6.07. The summed E-state index contributed by atoms with van der Waals surface area (Å²) in [6, 6.07) is 6.05. The zero-order valence-corrected chi connectivity index (χ0v) is 20.8. The maximum atomic E-state index is 12.3. The molecule has 7 nitrogen and oxygen atoms in total. The normalized spacial score (nSPS) is 11.9. The zero-order chi connectivity index (χ0) is 20.3. The summed E-state index contributed by atoms with van der Waals surface area (Å²) in [4.78, 5) is 4.57. The monoisotopic (exact) mass is 526 g/mol. The Morgan fingerprint density at radius 3 is 2.39 bits per heavy atom. The predicted octanol–water partition coefficient (Wildman–Crippen LogP) is 2.74. The lowest BCUT2D eigenvalue weighted by atomic mass is 10.1. The van der Waals surface area contributed by atoms with Crippen molar-refractivity contribution < 1.29 is 13.2 Å². The highest BCUT2D eigenvalue weighted by Crippen LogP contribution is 2.21. The largest absolute Gasteiger partial charge is 0.494 e. The van der Waals surface area contributed by atoms with E-state index < -0.39 is 10.0 Å². The van der Waals surface area contributed by atoms with Crippen LogP contribution in [0.1, 0.15) is 38.8 Å². The van der Waals surface area contributed by atoms with Crippen molar-refractivity contribution in [2.75, 3.05) is 38.5 Å². The summed E-state index contributed by atoms with van der Waals surface area (Å²) in [6.45, 7) is 12.7. The van der Waals surface area contributed by atoms with Crippen LogP contribution in [0.2, 0.25) is 0 Å². The van der Waals surface area contributed by atoms with E-state index in [2.05, 4.69) is 15.6 Å². The van der Waals surface area contributed by atoms with Gasteiger partial charge in [-0.15, -0.1) is 24.0 Å². The Bertz CT molecular complexity index is 707. The van der Waals surface area contributed by atoms with E-state index in [1.165, 1.54) is 4.31 Å². The predicted molar refractivity (Wildman–Crippen MR) is 127 cm³/mol. The molecule has 2 N–H and O–H groups in total. The molecular weight excluding hydrogens is 491 g/mol. The van der Waals surface area contributed by atoms with Gasteiger partial charge in [0, 0.05) is 31.7 Å². The van der Waals surface area contributed by atoms with E-state index in [0.29, 0.717) is 45.3 Å². The molecule has 1 rings (SSSR count). The Hall–Kier alpha value is -1.07. The van der Waals surface area contributed by atoms with E-state index >= 15 is 0 Å². The summed E-state index contributed by atoms with van der Waals surface area (Å²) in [7, 11) is -3.25. The molecule has 0 saturated heterocycles. The lowest BCUT2D eigenvalue weighted by Crippen LogP contribution is -2.42. The standard InChI is InChI=1S/C19H34N4O3S.HI/c1-6-20-19(21-12-13-27(24,25)23(7-2)8-3)22-15-17-11-10-16(5)14-18(17)26-9-4;/h10-11,14H,6-9,12-13,15H2,1-5H3,(H2,20,21,22);1H. The molecule has 0 aliphatic heterocycles. The van der Waals surface area contributed by atoms with Crippen molar-refractivity contribution in [2.24, 2.45) is 4.99 Å². The Kier molecular flexibility index (Phi) is 13.5. The number of hydrogen-bond donors (Lipinski definition) is 2. The van der Waals surface area contributed by atoms with Gasteiger partial charge in [0.15, 0.2) is 5.96 Å². The van der Waals surface area contributed by atoms with E-state index in [-0.39, 0.29) is 29.7 Å². The fraction of sp³-hybridized carbons (Fsp3) is 0.632. The summed E-state index contributed by atoms with van der Waals surface area (Å²) in [6.07, 6.45) is 0. The molecular formula is C19H35IN4O3S. The van der Waals surface area contributed by atoms with Crippen molar-refractivity contribution >= 4 is 40.0 Å². The average Bonchev–Trinajstić information content (AvgIpc) is 2.61. The molecule has 0 amide bonds. The highest BCUT2D eigenvalue weighted by Gasteiger charge is 2.18. The van der Waals surface area contributed by atoms with Crippen LogP contribution in [-0.2, 0) is 16.6 Å². The maximum absolute atomic E-state index is 12.3. The number of benzene rings is 1. The van der Waals surface area contributed by atoms with Crippen molar-refractivity contribution in [3.63, 3.8) is 0 Å². The van der Waals surface area contributed by atoms with Crippen LogP contribution >= 0.6 is 24.0 Å². The number of guanidine groups is 1. The van der Waals surface area contributed by atoms with Crippen molar-refractivity contribution in [2.45, 2.75) is 41.2 Å². The van der Waals surface area contributed by atoms with Gasteiger partial charge >= 0.3 is 0 Å². The summed E-state index contributed by atoms with van der Waals surface area (Å²) in [5.41, 5.74) is 2.13. The fourth-order valence-corrected chi connectivity index (χ4v) is 4.04. The van der Waals surface area contributed by atoms with Gasteiger partial charge in [0.05, 0.1) is 18.9 Å². The van der Waals surface area contributed by atoms with Gasteiger partial charge in [-0.3, -0.25) is 0 Å². The second kappa shape index (κ2) is 14.0. The average molecular weight is 526 g/mol. The zero-order valence-electron chi connectivity index (χ0n) is 17.6. The maximum Gasteiger partial charge on any atom is 0.215 e. The molecule has 28 heavy (non-hydrogen) atoms. The van der Waals surface area contributed by atoms with E-state index in [1.54, 1.807) is 0 Å². The molecule has 1 aromatic rings.